The molecule has 3 aliphatic rings. The zero-order chi connectivity index (χ0) is 15.7. The van der Waals surface area contributed by atoms with Crippen molar-refractivity contribution in [1.29, 1.82) is 0 Å². The molecule has 0 amide bonds. The van der Waals surface area contributed by atoms with Crippen LogP contribution in [0.15, 0.2) is 30.3 Å². The highest BCUT2D eigenvalue weighted by Crippen LogP contribution is 2.60. The second-order valence-corrected chi connectivity index (χ2v) is 7.35. The Kier molecular flexibility index (Phi) is 4.26. The molecular weight excluding hydrogens is 274 g/mol. The van der Waals surface area contributed by atoms with Crippen LogP contribution in [0, 0.1) is 23.2 Å². The first-order valence-corrected chi connectivity index (χ1v) is 8.48. The molecule has 3 fully saturated rings. The van der Waals surface area contributed by atoms with Gasteiger partial charge in [-0.2, -0.15) is 0 Å². The molecule has 4 atom stereocenters. The van der Waals surface area contributed by atoms with E-state index in [0.717, 1.165) is 13.0 Å². The molecule has 1 N–H and O–H groups in total. The number of hydrogen-bond donors (Lipinski definition) is 1. The lowest BCUT2D eigenvalue weighted by Gasteiger charge is -2.62. The Morgan fingerprint density at radius 3 is 2.64 bits per heavy atom. The predicted octanol–water partition coefficient (Wildman–Crippen LogP) is 3.39. The van der Waals surface area contributed by atoms with E-state index in [1.807, 2.05) is 13.0 Å². The van der Waals surface area contributed by atoms with Gasteiger partial charge in [0.1, 0.15) is 0 Å². The summed E-state index contributed by atoms with van der Waals surface area (Å²) >= 11 is 0. The van der Waals surface area contributed by atoms with Crippen LogP contribution in [-0.4, -0.2) is 18.6 Å². The summed E-state index contributed by atoms with van der Waals surface area (Å²) in [5, 5.41) is 3.67. The summed E-state index contributed by atoms with van der Waals surface area (Å²) in [7, 11) is 0. The minimum Gasteiger partial charge on any atom is -0.466 e. The van der Waals surface area contributed by atoms with E-state index in [9.17, 15) is 4.79 Å². The number of fused-ring (bicyclic) bond motifs is 2. The van der Waals surface area contributed by atoms with Gasteiger partial charge in [-0.15, -0.1) is 0 Å². The molecule has 1 aromatic rings. The highest BCUT2D eigenvalue weighted by molar-refractivity contribution is 5.74. The average Bonchev–Trinajstić information content (AvgIpc) is 2.53. The highest BCUT2D eigenvalue weighted by atomic mass is 16.5. The summed E-state index contributed by atoms with van der Waals surface area (Å²) in [6.07, 6.45) is 2.21. The summed E-state index contributed by atoms with van der Waals surface area (Å²) in [6.45, 7) is 7.88. The molecule has 3 aliphatic carbocycles. The van der Waals surface area contributed by atoms with Crippen LogP contribution in [-0.2, 0) is 16.1 Å². The summed E-state index contributed by atoms with van der Waals surface area (Å²) in [6, 6.07) is 10.6. The van der Waals surface area contributed by atoms with Crippen LogP contribution in [0.4, 0.5) is 0 Å². The fourth-order valence-corrected chi connectivity index (χ4v) is 4.41. The van der Waals surface area contributed by atoms with Crippen molar-refractivity contribution in [3.63, 3.8) is 0 Å². The van der Waals surface area contributed by atoms with Gasteiger partial charge in [-0.05, 0) is 42.6 Å². The normalized spacial score (nSPS) is 32.1. The highest BCUT2D eigenvalue weighted by Gasteiger charge is 2.59. The monoisotopic (exact) mass is 301 g/mol. The number of esters is 1. The number of carbonyl (C=O) groups is 1. The number of hydrogen-bond acceptors (Lipinski definition) is 3. The van der Waals surface area contributed by atoms with E-state index < -0.39 is 0 Å². The first-order chi connectivity index (χ1) is 10.5. The van der Waals surface area contributed by atoms with Gasteiger partial charge in [-0.3, -0.25) is 4.79 Å². The predicted molar refractivity (Wildman–Crippen MR) is 87.2 cm³/mol. The van der Waals surface area contributed by atoms with Crippen LogP contribution < -0.4 is 5.32 Å². The van der Waals surface area contributed by atoms with Gasteiger partial charge in [0.25, 0.3) is 0 Å². The van der Waals surface area contributed by atoms with Gasteiger partial charge in [-0.25, -0.2) is 0 Å². The van der Waals surface area contributed by atoms with Gasteiger partial charge in [0, 0.05) is 12.6 Å². The Bertz CT molecular complexity index is 525. The zero-order valence-corrected chi connectivity index (χ0v) is 13.8. The van der Waals surface area contributed by atoms with Crippen LogP contribution >= 0.6 is 0 Å². The fraction of sp³-hybridized carbons (Fsp3) is 0.632. The largest absolute Gasteiger partial charge is 0.466 e. The minimum absolute atomic E-state index is 0.0143. The summed E-state index contributed by atoms with van der Waals surface area (Å²) in [4.78, 5) is 12.3. The van der Waals surface area contributed by atoms with E-state index in [1.165, 1.54) is 12.0 Å². The Morgan fingerprint density at radius 1 is 1.27 bits per heavy atom. The average molecular weight is 301 g/mol. The molecule has 3 nitrogen and oxygen atoms in total. The number of nitrogens with one attached hydrogen (secondary N) is 1. The molecule has 0 heterocycles. The third kappa shape index (κ3) is 2.67. The third-order valence-corrected chi connectivity index (χ3v) is 5.93. The molecule has 4 rings (SSSR count). The maximum Gasteiger partial charge on any atom is 0.310 e. The third-order valence-electron chi connectivity index (χ3n) is 5.93. The van der Waals surface area contributed by atoms with Gasteiger partial charge in [-0.1, -0.05) is 44.2 Å². The van der Waals surface area contributed by atoms with Gasteiger partial charge in [0.05, 0.1) is 12.5 Å². The van der Waals surface area contributed by atoms with E-state index in [-0.39, 0.29) is 17.9 Å². The first-order valence-electron chi connectivity index (χ1n) is 8.48. The number of ether oxygens (including phenoxy) is 1. The lowest BCUT2D eigenvalue weighted by atomic mass is 9.45. The number of rotatable bonds is 5. The molecule has 1 aromatic carbocycles. The lowest BCUT2D eigenvalue weighted by Crippen LogP contribution is -2.64. The van der Waals surface area contributed by atoms with Crippen LogP contribution in [0.1, 0.15) is 39.2 Å². The quantitative estimate of drug-likeness (QED) is 0.847. The molecule has 22 heavy (non-hydrogen) atoms. The van der Waals surface area contributed by atoms with E-state index in [0.29, 0.717) is 23.9 Å². The zero-order valence-electron chi connectivity index (χ0n) is 13.8. The van der Waals surface area contributed by atoms with Gasteiger partial charge < -0.3 is 10.1 Å². The maximum atomic E-state index is 12.3. The van der Waals surface area contributed by atoms with Crippen molar-refractivity contribution < 1.29 is 9.53 Å². The van der Waals surface area contributed by atoms with E-state index in [2.05, 4.69) is 43.4 Å². The van der Waals surface area contributed by atoms with Crippen LogP contribution in [0.25, 0.3) is 0 Å². The van der Waals surface area contributed by atoms with Crippen LogP contribution in [0.2, 0.25) is 0 Å². The lowest BCUT2D eigenvalue weighted by molar-refractivity contribution is -0.167. The van der Waals surface area contributed by atoms with Crippen molar-refractivity contribution in [2.45, 2.75) is 46.2 Å². The van der Waals surface area contributed by atoms with Crippen LogP contribution in [0.3, 0.4) is 0 Å². The molecule has 0 aromatic heterocycles. The molecular formula is C19H27NO2. The van der Waals surface area contributed by atoms with E-state index in [1.54, 1.807) is 0 Å². The van der Waals surface area contributed by atoms with Crippen molar-refractivity contribution in [2.24, 2.45) is 23.2 Å². The fourth-order valence-electron chi connectivity index (χ4n) is 4.41. The number of carbonyl (C=O) groups excluding carboxylic acids is 1. The maximum absolute atomic E-state index is 12.3. The van der Waals surface area contributed by atoms with Gasteiger partial charge in [0.15, 0.2) is 0 Å². The molecule has 120 valence electrons. The summed E-state index contributed by atoms with van der Waals surface area (Å²) < 4.78 is 5.32. The van der Waals surface area contributed by atoms with Crippen molar-refractivity contribution in [3.8, 4) is 0 Å². The van der Waals surface area contributed by atoms with E-state index >= 15 is 0 Å². The second kappa shape index (κ2) is 6.04. The molecule has 2 bridgehead atoms. The topological polar surface area (TPSA) is 38.3 Å². The first kappa shape index (κ1) is 15.5. The van der Waals surface area contributed by atoms with Crippen molar-refractivity contribution in [3.05, 3.63) is 35.9 Å². The molecule has 0 aliphatic heterocycles. The molecule has 0 unspecified atom stereocenters. The SMILES string of the molecule is CCOC(=O)[C@H]1C[C@H]2C[C@@H]([C@H]1NCc1ccccc1)C2(C)C. The smallest absolute Gasteiger partial charge is 0.310 e. The standard InChI is InChI=1S/C19H27NO2/c1-4-22-18(21)15-10-14-11-16(19(14,2)3)17(15)20-12-13-8-6-5-7-9-13/h5-9,14-17,20H,4,10-12H2,1-3H3/t14-,15-,16-,17-/m0/s1. The molecule has 0 radical (unpaired) electrons. The Morgan fingerprint density at radius 2 is 2.00 bits per heavy atom. The molecule has 3 heteroatoms. The Labute approximate surface area is 133 Å². The van der Waals surface area contributed by atoms with Crippen molar-refractivity contribution in [1.82, 2.24) is 5.32 Å². The molecule has 0 saturated heterocycles. The minimum atomic E-state index is -0.0155. The Hall–Kier alpha value is -1.35. The number of benzene rings is 1. The Balaban J connectivity index is 1.72. The molecule has 3 saturated carbocycles. The second-order valence-electron chi connectivity index (χ2n) is 7.35. The van der Waals surface area contributed by atoms with Crippen molar-refractivity contribution in [2.75, 3.05) is 6.61 Å². The van der Waals surface area contributed by atoms with Crippen molar-refractivity contribution >= 4 is 5.97 Å². The molecule has 0 spiro atoms. The summed E-state index contributed by atoms with van der Waals surface area (Å²) in [5.74, 6) is 1.24. The van der Waals surface area contributed by atoms with Gasteiger partial charge >= 0.3 is 5.97 Å². The van der Waals surface area contributed by atoms with Crippen LogP contribution in [0.5, 0.6) is 0 Å². The van der Waals surface area contributed by atoms with E-state index in [4.69, 9.17) is 4.74 Å². The van der Waals surface area contributed by atoms with Gasteiger partial charge in [0.2, 0.25) is 0 Å². The summed E-state index contributed by atoms with van der Waals surface area (Å²) in [5.41, 5.74) is 1.61.